The number of amides is 1. The summed E-state index contributed by atoms with van der Waals surface area (Å²) in [7, 11) is 0. The number of nitrogens with zero attached hydrogens (tertiary/aromatic N) is 1. The van der Waals surface area contributed by atoms with E-state index in [0.717, 1.165) is 48.0 Å². The van der Waals surface area contributed by atoms with Crippen molar-refractivity contribution in [2.24, 2.45) is 17.8 Å². The first-order chi connectivity index (χ1) is 14.1. The number of para-hydroxylation sites is 2. The van der Waals surface area contributed by atoms with E-state index in [1.165, 1.54) is 19.3 Å². The third kappa shape index (κ3) is 2.72. The molecule has 0 radical (unpaired) electrons. The van der Waals surface area contributed by atoms with Crippen molar-refractivity contribution in [2.75, 3.05) is 0 Å². The Morgan fingerprint density at radius 1 is 0.862 bits per heavy atom. The average molecular weight is 386 g/mol. The number of carbonyl (C=O) groups excluding carboxylic acids is 1. The van der Waals surface area contributed by atoms with E-state index in [4.69, 9.17) is 0 Å². The number of fused-ring (bicyclic) bond motifs is 2. The lowest BCUT2D eigenvalue weighted by atomic mass is 9.53. The van der Waals surface area contributed by atoms with Crippen LogP contribution in [0.2, 0.25) is 0 Å². The quantitative estimate of drug-likeness (QED) is 0.685. The van der Waals surface area contributed by atoms with Crippen LogP contribution < -0.4 is 10.7 Å². The summed E-state index contributed by atoms with van der Waals surface area (Å²) in [6.45, 7) is 0.253. The van der Waals surface area contributed by atoms with E-state index in [9.17, 15) is 9.59 Å². The molecule has 3 aromatic rings. The first kappa shape index (κ1) is 17.3. The van der Waals surface area contributed by atoms with E-state index in [0.29, 0.717) is 10.8 Å². The van der Waals surface area contributed by atoms with Gasteiger partial charge in [-0.15, -0.1) is 0 Å². The van der Waals surface area contributed by atoms with Crippen molar-refractivity contribution >= 4 is 27.7 Å². The Morgan fingerprint density at radius 2 is 1.34 bits per heavy atom. The SMILES string of the molecule is O=C(Cn1c2ccccc2c(=O)c2ccccc21)NC12CC3CC(CC(C3)C1)C2. The summed E-state index contributed by atoms with van der Waals surface area (Å²) in [5.41, 5.74) is 1.71. The minimum Gasteiger partial charge on any atom is -0.349 e. The predicted molar refractivity (Wildman–Crippen MR) is 115 cm³/mol. The highest BCUT2D eigenvalue weighted by molar-refractivity contribution is 5.94. The Bertz CT molecular complexity index is 1100. The predicted octanol–water partition coefficient (Wildman–Crippen LogP) is 4.24. The molecule has 1 amide bonds. The van der Waals surface area contributed by atoms with Crippen LogP contribution in [-0.2, 0) is 11.3 Å². The van der Waals surface area contributed by atoms with Crippen LogP contribution in [-0.4, -0.2) is 16.0 Å². The van der Waals surface area contributed by atoms with Gasteiger partial charge >= 0.3 is 0 Å². The van der Waals surface area contributed by atoms with Crippen molar-refractivity contribution in [1.82, 2.24) is 9.88 Å². The van der Waals surface area contributed by atoms with E-state index >= 15 is 0 Å². The molecule has 29 heavy (non-hydrogen) atoms. The Kier molecular flexibility index (Phi) is 3.68. The van der Waals surface area contributed by atoms with Crippen LogP contribution >= 0.6 is 0 Å². The molecule has 4 aliphatic rings. The van der Waals surface area contributed by atoms with E-state index in [1.807, 2.05) is 53.1 Å². The molecule has 4 saturated carbocycles. The molecule has 1 aromatic heterocycles. The van der Waals surface area contributed by atoms with Crippen LogP contribution in [0.1, 0.15) is 38.5 Å². The third-order valence-corrected chi connectivity index (χ3v) is 7.62. The second-order valence-electron chi connectivity index (χ2n) is 9.70. The number of aromatic nitrogens is 1. The average Bonchev–Trinajstić information content (AvgIpc) is 2.70. The summed E-state index contributed by atoms with van der Waals surface area (Å²) in [5.74, 6) is 2.48. The van der Waals surface area contributed by atoms with Gasteiger partial charge in [0.2, 0.25) is 5.91 Å². The van der Waals surface area contributed by atoms with E-state index in [1.54, 1.807) is 0 Å². The maximum absolute atomic E-state index is 13.3. The fourth-order valence-corrected chi connectivity index (χ4v) is 6.99. The zero-order valence-corrected chi connectivity index (χ0v) is 16.6. The van der Waals surface area contributed by atoms with Gasteiger partial charge in [0.15, 0.2) is 5.43 Å². The first-order valence-electron chi connectivity index (χ1n) is 10.9. The number of pyridine rings is 1. The highest BCUT2D eigenvalue weighted by atomic mass is 16.2. The molecule has 0 atom stereocenters. The zero-order chi connectivity index (χ0) is 19.6. The molecule has 148 valence electrons. The first-order valence-corrected chi connectivity index (χ1v) is 10.9. The maximum Gasteiger partial charge on any atom is 0.240 e. The van der Waals surface area contributed by atoms with Gasteiger partial charge in [0.05, 0.1) is 11.0 Å². The molecule has 4 heteroatoms. The molecule has 4 bridgehead atoms. The lowest BCUT2D eigenvalue weighted by Crippen LogP contribution is -2.60. The number of benzene rings is 2. The van der Waals surface area contributed by atoms with Gasteiger partial charge in [0, 0.05) is 16.3 Å². The van der Waals surface area contributed by atoms with Gasteiger partial charge in [-0.3, -0.25) is 9.59 Å². The molecule has 0 aliphatic heterocycles. The summed E-state index contributed by atoms with van der Waals surface area (Å²) < 4.78 is 2.02. The molecule has 7 rings (SSSR count). The molecule has 0 spiro atoms. The molecule has 4 fully saturated rings. The monoisotopic (exact) mass is 386 g/mol. The Labute approximate surface area is 169 Å². The van der Waals surface area contributed by atoms with Crippen LogP contribution in [0.3, 0.4) is 0 Å². The van der Waals surface area contributed by atoms with Crippen molar-refractivity contribution in [2.45, 2.75) is 50.6 Å². The topological polar surface area (TPSA) is 51.1 Å². The molecular formula is C25H26N2O2. The second-order valence-corrected chi connectivity index (χ2v) is 9.70. The molecule has 2 aromatic carbocycles. The number of hydrogen-bond donors (Lipinski definition) is 1. The molecule has 4 aliphatic carbocycles. The number of nitrogens with one attached hydrogen (secondary N) is 1. The van der Waals surface area contributed by atoms with Crippen molar-refractivity contribution < 1.29 is 4.79 Å². The standard InChI is InChI=1S/C25H26N2O2/c28-23(26-25-12-16-9-17(13-25)11-18(10-16)14-25)15-27-21-7-3-1-5-19(21)24(29)20-6-2-4-8-22(20)27/h1-8,16-18H,9-15H2,(H,26,28). The van der Waals surface area contributed by atoms with Crippen LogP contribution in [0.25, 0.3) is 21.8 Å². The van der Waals surface area contributed by atoms with Gasteiger partial charge in [-0.1, -0.05) is 24.3 Å². The summed E-state index contributed by atoms with van der Waals surface area (Å²) in [6, 6.07) is 15.3. The minimum atomic E-state index is 0.0104. The van der Waals surface area contributed by atoms with Crippen LogP contribution in [0.15, 0.2) is 53.3 Å². The summed E-state index contributed by atoms with van der Waals surface area (Å²) in [4.78, 5) is 26.2. The minimum absolute atomic E-state index is 0.0104. The van der Waals surface area contributed by atoms with E-state index < -0.39 is 0 Å². The largest absolute Gasteiger partial charge is 0.349 e. The van der Waals surface area contributed by atoms with Gasteiger partial charge in [0.25, 0.3) is 0 Å². The molecule has 1 heterocycles. The Hall–Kier alpha value is -2.62. The lowest BCUT2D eigenvalue weighted by Gasteiger charge is -2.56. The van der Waals surface area contributed by atoms with Gasteiger partial charge in [-0.25, -0.2) is 0 Å². The van der Waals surface area contributed by atoms with Crippen LogP contribution in [0, 0.1) is 17.8 Å². The highest BCUT2D eigenvalue weighted by Gasteiger charge is 2.51. The number of hydrogen-bond acceptors (Lipinski definition) is 2. The molecule has 0 saturated heterocycles. The van der Waals surface area contributed by atoms with Crippen molar-refractivity contribution in [3.8, 4) is 0 Å². The summed E-state index contributed by atoms with van der Waals surface area (Å²) >= 11 is 0. The van der Waals surface area contributed by atoms with Gasteiger partial charge in [-0.2, -0.15) is 0 Å². The van der Waals surface area contributed by atoms with Crippen molar-refractivity contribution in [3.05, 3.63) is 58.8 Å². The molecule has 4 nitrogen and oxygen atoms in total. The highest BCUT2D eigenvalue weighted by Crippen LogP contribution is 2.55. The van der Waals surface area contributed by atoms with Crippen LogP contribution in [0.5, 0.6) is 0 Å². The van der Waals surface area contributed by atoms with Crippen LogP contribution in [0.4, 0.5) is 0 Å². The second kappa shape index (κ2) is 6.19. The smallest absolute Gasteiger partial charge is 0.240 e. The third-order valence-electron chi connectivity index (χ3n) is 7.62. The number of carbonyl (C=O) groups is 1. The fraction of sp³-hybridized carbons (Fsp3) is 0.440. The normalized spacial score (nSPS) is 30.1. The Morgan fingerprint density at radius 3 is 1.86 bits per heavy atom. The fourth-order valence-electron chi connectivity index (χ4n) is 6.99. The lowest BCUT2D eigenvalue weighted by molar-refractivity contribution is -0.127. The Balaban J connectivity index is 1.38. The zero-order valence-electron chi connectivity index (χ0n) is 16.6. The van der Waals surface area contributed by atoms with Crippen molar-refractivity contribution in [3.63, 3.8) is 0 Å². The number of rotatable bonds is 3. The van der Waals surface area contributed by atoms with Gasteiger partial charge in [0.1, 0.15) is 6.54 Å². The van der Waals surface area contributed by atoms with E-state index in [2.05, 4.69) is 5.32 Å². The summed E-state index contributed by atoms with van der Waals surface area (Å²) in [6.07, 6.45) is 7.54. The maximum atomic E-state index is 13.3. The van der Waals surface area contributed by atoms with E-state index in [-0.39, 0.29) is 23.4 Å². The molecule has 1 N–H and O–H groups in total. The van der Waals surface area contributed by atoms with Crippen molar-refractivity contribution in [1.29, 1.82) is 0 Å². The molecule has 0 unspecified atom stereocenters. The van der Waals surface area contributed by atoms with Gasteiger partial charge in [-0.05, 0) is 80.5 Å². The molecular weight excluding hydrogens is 360 g/mol. The summed E-state index contributed by atoms with van der Waals surface area (Å²) in [5, 5.41) is 4.83. The van der Waals surface area contributed by atoms with Gasteiger partial charge < -0.3 is 9.88 Å².